The Morgan fingerprint density at radius 1 is 1.25 bits per heavy atom. The number of anilines is 1. The van der Waals surface area contributed by atoms with E-state index in [2.05, 4.69) is 30.4 Å². The second-order valence-electron chi connectivity index (χ2n) is 10.4. The first-order valence-corrected chi connectivity index (χ1v) is 12.4. The third-order valence-electron chi connectivity index (χ3n) is 8.29. The first kappa shape index (κ1) is 21.7. The lowest BCUT2D eigenvalue weighted by molar-refractivity contribution is -0.125. The highest BCUT2D eigenvalue weighted by molar-refractivity contribution is 5.87. The van der Waals surface area contributed by atoms with Crippen LogP contribution in [0.1, 0.15) is 56.7 Å². The average molecular weight is 440 g/mol. The lowest BCUT2D eigenvalue weighted by atomic mass is 9.88. The van der Waals surface area contributed by atoms with E-state index in [9.17, 15) is 4.79 Å². The molecule has 0 spiro atoms. The van der Waals surface area contributed by atoms with Gasteiger partial charge in [0.1, 0.15) is 12.4 Å². The van der Waals surface area contributed by atoms with Gasteiger partial charge in [-0.1, -0.05) is 13.5 Å². The van der Waals surface area contributed by atoms with Crippen LogP contribution in [0.15, 0.2) is 12.7 Å². The van der Waals surface area contributed by atoms with Crippen LogP contribution in [0.2, 0.25) is 0 Å². The number of carbonyl (C=O) groups excluding carboxylic acids is 1. The van der Waals surface area contributed by atoms with Crippen LogP contribution < -0.4 is 9.64 Å². The highest BCUT2D eigenvalue weighted by atomic mass is 16.5. The van der Waals surface area contributed by atoms with Gasteiger partial charge in [0.25, 0.3) is 0 Å². The zero-order chi connectivity index (χ0) is 22.3. The number of fused-ring (bicyclic) bond motifs is 2. The molecule has 3 fully saturated rings. The molecule has 1 aliphatic carbocycles. The highest BCUT2D eigenvalue weighted by Gasteiger charge is 2.45. The lowest BCUT2D eigenvalue weighted by Crippen LogP contribution is -2.43. The molecule has 0 saturated carbocycles. The molecule has 1 unspecified atom stereocenters. The number of aryl methyl sites for hydroxylation is 1. The van der Waals surface area contributed by atoms with Crippen molar-refractivity contribution in [3.8, 4) is 6.01 Å². The van der Waals surface area contributed by atoms with Crippen LogP contribution >= 0.6 is 0 Å². The van der Waals surface area contributed by atoms with Crippen LogP contribution in [-0.4, -0.2) is 77.1 Å². The molecular formula is C25H37N5O2. The summed E-state index contributed by atoms with van der Waals surface area (Å²) >= 11 is 0. The van der Waals surface area contributed by atoms with Gasteiger partial charge < -0.3 is 14.5 Å². The Morgan fingerprint density at radius 3 is 2.78 bits per heavy atom. The van der Waals surface area contributed by atoms with Crippen molar-refractivity contribution in [2.24, 2.45) is 5.92 Å². The minimum absolute atomic E-state index is 0.0141. The van der Waals surface area contributed by atoms with E-state index >= 15 is 0 Å². The Morgan fingerprint density at radius 2 is 2.03 bits per heavy atom. The molecule has 5 rings (SSSR count). The van der Waals surface area contributed by atoms with E-state index < -0.39 is 0 Å². The predicted molar refractivity (Wildman–Crippen MR) is 125 cm³/mol. The van der Waals surface area contributed by atoms with Crippen molar-refractivity contribution >= 4 is 11.7 Å². The molecule has 0 radical (unpaired) electrons. The first-order chi connectivity index (χ1) is 15.5. The van der Waals surface area contributed by atoms with Gasteiger partial charge >= 0.3 is 6.01 Å². The summed E-state index contributed by atoms with van der Waals surface area (Å²) in [7, 11) is 2.12. The van der Waals surface area contributed by atoms with Gasteiger partial charge in [0, 0.05) is 31.7 Å². The van der Waals surface area contributed by atoms with Gasteiger partial charge in [-0.2, -0.15) is 9.97 Å². The number of nitrogens with zero attached hydrogens (tertiary/aromatic N) is 5. The zero-order valence-corrected chi connectivity index (χ0v) is 19.7. The Bertz CT molecular complexity index is 877. The van der Waals surface area contributed by atoms with Crippen LogP contribution in [0.3, 0.4) is 0 Å². The van der Waals surface area contributed by atoms with Gasteiger partial charge in [0.2, 0.25) is 5.91 Å². The maximum Gasteiger partial charge on any atom is 0.318 e. The number of likely N-dealkylation sites (tertiary alicyclic amines) is 1. The third kappa shape index (κ3) is 3.89. The molecule has 4 aliphatic rings. The van der Waals surface area contributed by atoms with Gasteiger partial charge in [-0.25, -0.2) is 0 Å². The molecule has 0 bridgehead atoms. The predicted octanol–water partition coefficient (Wildman–Crippen LogP) is 2.83. The van der Waals surface area contributed by atoms with Crippen molar-refractivity contribution in [1.29, 1.82) is 0 Å². The number of ether oxygens (including phenoxy) is 1. The van der Waals surface area contributed by atoms with Crippen LogP contribution in [-0.2, 0) is 17.6 Å². The Labute approximate surface area is 191 Å². The van der Waals surface area contributed by atoms with Crippen molar-refractivity contribution < 1.29 is 9.53 Å². The summed E-state index contributed by atoms with van der Waals surface area (Å²) in [5.74, 6) is 1.65. The van der Waals surface area contributed by atoms with E-state index in [1.54, 1.807) is 0 Å². The second-order valence-corrected chi connectivity index (χ2v) is 10.4. The van der Waals surface area contributed by atoms with Crippen LogP contribution in [0.5, 0.6) is 6.01 Å². The summed E-state index contributed by atoms with van der Waals surface area (Å²) < 4.78 is 6.35. The van der Waals surface area contributed by atoms with Gasteiger partial charge in [-0.05, 0) is 76.5 Å². The SMILES string of the molecule is C=CC(=O)N1CCC(N(C)c2nc(OCC34CCCN3CCC4)nc3c2C[C@H](C)CC3)C1. The summed E-state index contributed by atoms with van der Waals surface area (Å²) in [5.41, 5.74) is 2.62. The quantitative estimate of drug-likeness (QED) is 0.635. The fourth-order valence-corrected chi connectivity index (χ4v) is 6.32. The first-order valence-electron chi connectivity index (χ1n) is 12.4. The molecule has 1 amide bonds. The molecule has 2 atom stereocenters. The molecule has 7 heteroatoms. The Hall–Kier alpha value is -2.15. The molecule has 32 heavy (non-hydrogen) atoms. The number of amides is 1. The molecule has 174 valence electrons. The molecule has 7 nitrogen and oxygen atoms in total. The topological polar surface area (TPSA) is 61.8 Å². The van der Waals surface area contributed by atoms with E-state index in [1.807, 2.05) is 4.90 Å². The lowest BCUT2D eigenvalue weighted by Gasteiger charge is -2.33. The maximum atomic E-state index is 12.1. The van der Waals surface area contributed by atoms with Crippen molar-refractivity contribution in [2.75, 3.05) is 44.7 Å². The monoisotopic (exact) mass is 439 g/mol. The van der Waals surface area contributed by atoms with Gasteiger partial charge in [0.15, 0.2) is 0 Å². The number of rotatable bonds is 6. The van der Waals surface area contributed by atoms with Crippen molar-refractivity contribution in [2.45, 2.75) is 69.9 Å². The third-order valence-corrected chi connectivity index (χ3v) is 8.29. The van der Waals surface area contributed by atoms with E-state index in [0.29, 0.717) is 25.1 Å². The number of hydrogen-bond acceptors (Lipinski definition) is 6. The number of aromatic nitrogens is 2. The standard InChI is InChI=1S/C25H37N5O2/c1-4-22(31)29-14-9-19(16-29)28(3)23-20-15-18(2)7-8-21(20)26-24(27-23)32-17-25-10-5-12-30(25)13-6-11-25/h4,18-19H,1,5-17H2,2-3H3/t18-,19?/m1/s1. The van der Waals surface area contributed by atoms with Gasteiger partial charge in [-0.3, -0.25) is 9.69 Å². The Kier molecular flexibility index (Phi) is 5.86. The molecule has 0 N–H and O–H groups in total. The molecular weight excluding hydrogens is 402 g/mol. The minimum Gasteiger partial charge on any atom is -0.461 e. The smallest absolute Gasteiger partial charge is 0.318 e. The molecule has 1 aromatic rings. The summed E-state index contributed by atoms with van der Waals surface area (Å²) in [6.07, 6.45) is 10.5. The van der Waals surface area contributed by atoms with Crippen molar-refractivity contribution in [1.82, 2.24) is 19.8 Å². The molecule has 0 aromatic carbocycles. The normalized spacial score (nSPS) is 26.6. The van der Waals surface area contributed by atoms with Crippen LogP contribution in [0, 0.1) is 5.92 Å². The summed E-state index contributed by atoms with van der Waals surface area (Å²) in [4.78, 5) is 28.7. The number of hydrogen-bond donors (Lipinski definition) is 0. The van der Waals surface area contributed by atoms with Gasteiger partial charge in [0.05, 0.1) is 11.2 Å². The minimum atomic E-state index is 0.0141. The fourth-order valence-electron chi connectivity index (χ4n) is 6.32. The average Bonchev–Trinajstić information content (AvgIpc) is 3.52. The molecule has 1 aromatic heterocycles. The number of likely N-dealkylation sites (N-methyl/N-ethyl adjacent to an activating group) is 1. The van der Waals surface area contributed by atoms with E-state index in [0.717, 1.165) is 43.7 Å². The molecule has 3 saturated heterocycles. The maximum absolute atomic E-state index is 12.1. The molecule has 4 heterocycles. The van der Waals surface area contributed by atoms with Crippen LogP contribution in [0.4, 0.5) is 5.82 Å². The summed E-state index contributed by atoms with van der Waals surface area (Å²) in [5, 5.41) is 0. The number of carbonyl (C=O) groups is 1. The van der Waals surface area contributed by atoms with Crippen molar-refractivity contribution in [3.63, 3.8) is 0 Å². The van der Waals surface area contributed by atoms with E-state index in [-0.39, 0.29) is 17.5 Å². The largest absolute Gasteiger partial charge is 0.461 e. The zero-order valence-electron chi connectivity index (χ0n) is 19.7. The van der Waals surface area contributed by atoms with E-state index in [4.69, 9.17) is 14.7 Å². The van der Waals surface area contributed by atoms with Gasteiger partial charge in [-0.15, -0.1) is 0 Å². The molecule has 3 aliphatic heterocycles. The highest BCUT2D eigenvalue weighted by Crippen LogP contribution is 2.39. The Balaban J connectivity index is 1.38. The second kappa shape index (κ2) is 8.65. The fraction of sp³-hybridized carbons (Fsp3) is 0.720. The summed E-state index contributed by atoms with van der Waals surface area (Å²) in [6.45, 7) is 10.5. The van der Waals surface area contributed by atoms with E-state index in [1.165, 1.54) is 50.4 Å². The van der Waals surface area contributed by atoms with Crippen LogP contribution in [0.25, 0.3) is 0 Å². The van der Waals surface area contributed by atoms with Crippen molar-refractivity contribution in [3.05, 3.63) is 23.9 Å². The summed E-state index contributed by atoms with van der Waals surface area (Å²) in [6, 6.07) is 0.784.